The summed E-state index contributed by atoms with van der Waals surface area (Å²) in [5, 5.41) is 13.2. The predicted octanol–water partition coefficient (Wildman–Crippen LogP) is 3.45. The van der Waals surface area contributed by atoms with Crippen molar-refractivity contribution in [2.75, 3.05) is 20.3 Å². The van der Waals surface area contributed by atoms with E-state index in [1.807, 2.05) is 0 Å². The molecule has 0 amide bonds. The van der Waals surface area contributed by atoms with Crippen LogP contribution in [0.25, 0.3) is 0 Å². The summed E-state index contributed by atoms with van der Waals surface area (Å²) in [4.78, 5) is 0. The Labute approximate surface area is 123 Å². The first-order valence-corrected chi connectivity index (χ1v) is 7.50. The fourth-order valence-electron chi connectivity index (χ4n) is 2.44. The van der Waals surface area contributed by atoms with E-state index in [0.717, 1.165) is 30.7 Å². The van der Waals surface area contributed by atoms with Crippen molar-refractivity contribution in [2.45, 2.75) is 46.6 Å². The molecule has 0 aliphatic carbocycles. The van der Waals surface area contributed by atoms with Gasteiger partial charge in [-0.2, -0.15) is 0 Å². The summed E-state index contributed by atoms with van der Waals surface area (Å²) in [6.45, 7) is 9.52. The molecule has 1 aromatic rings. The van der Waals surface area contributed by atoms with Crippen molar-refractivity contribution in [3.8, 4) is 5.75 Å². The third kappa shape index (κ3) is 3.97. The highest BCUT2D eigenvalue weighted by atomic mass is 16.5. The molecule has 0 fully saturated rings. The number of methoxy groups -OCH3 is 1. The summed E-state index contributed by atoms with van der Waals surface area (Å²) in [6, 6.07) is 6.49. The summed E-state index contributed by atoms with van der Waals surface area (Å²) in [7, 11) is 1.71. The summed E-state index contributed by atoms with van der Waals surface area (Å²) in [6.07, 6.45) is 1.95. The van der Waals surface area contributed by atoms with Crippen LogP contribution in [0.3, 0.4) is 0 Å². The maximum atomic E-state index is 9.63. The lowest BCUT2D eigenvalue weighted by Crippen LogP contribution is -2.37. The monoisotopic (exact) mass is 279 g/mol. The van der Waals surface area contributed by atoms with Crippen molar-refractivity contribution >= 4 is 0 Å². The Bertz CT molecular complexity index is 405. The summed E-state index contributed by atoms with van der Waals surface area (Å²) >= 11 is 0. The molecular formula is C17H29NO2. The second-order valence-electron chi connectivity index (χ2n) is 5.71. The molecule has 3 heteroatoms. The van der Waals surface area contributed by atoms with Crippen molar-refractivity contribution in [3.05, 3.63) is 29.3 Å². The zero-order chi connectivity index (χ0) is 15.2. The Kier molecular flexibility index (Phi) is 6.50. The maximum Gasteiger partial charge on any atom is 0.123 e. The molecule has 114 valence electrons. The van der Waals surface area contributed by atoms with Crippen LogP contribution in [0.15, 0.2) is 18.2 Å². The lowest BCUT2D eigenvalue weighted by molar-refractivity contribution is 0.110. The van der Waals surface area contributed by atoms with Crippen LogP contribution in [0, 0.1) is 12.3 Å². The largest absolute Gasteiger partial charge is 0.496 e. The fourth-order valence-corrected chi connectivity index (χ4v) is 2.44. The number of aliphatic hydroxyl groups excluding tert-OH is 1. The molecule has 1 unspecified atom stereocenters. The van der Waals surface area contributed by atoms with Gasteiger partial charge in [0.05, 0.1) is 7.11 Å². The molecule has 1 aromatic carbocycles. The van der Waals surface area contributed by atoms with Gasteiger partial charge in [0.15, 0.2) is 0 Å². The number of aliphatic hydroxyl groups is 1. The molecule has 1 atom stereocenters. The molecule has 3 nitrogen and oxygen atoms in total. The van der Waals surface area contributed by atoms with Crippen LogP contribution in [0.1, 0.15) is 50.8 Å². The Morgan fingerprint density at radius 1 is 1.30 bits per heavy atom. The average molecular weight is 279 g/mol. The van der Waals surface area contributed by atoms with Crippen molar-refractivity contribution in [1.82, 2.24) is 5.32 Å². The number of ether oxygens (including phenoxy) is 1. The SMILES string of the molecule is CCC(CC)(CO)CNC(C)c1ccc(C)cc1OC. The Balaban J connectivity index is 2.79. The summed E-state index contributed by atoms with van der Waals surface area (Å²) < 4.78 is 5.47. The third-order valence-corrected chi connectivity index (χ3v) is 4.47. The number of hydrogen-bond acceptors (Lipinski definition) is 3. The molecule has 0 saturated carbocycles. The Morgan fingerprint density at radius 3 is 2.45 bits per heavy atom. The average Bonchev–Trinajstić information content (AvgIpc) is 2.48. The molecule has 0 bridgehead atoms. The molecule has 20 heavy (non-hydrogen) atoms. The van der Waals surface area contributed by atoms with Crippen LogP contribution in [0.5, 0.6) is 5.75 Å². The zero-order valence-electron chi connectivity index (χ0n) is 13.5. The van der Waals surface area contributed by atoms with Crippen LogP contribution in [0.2, 0.25) is 0 Å². The van der Waals surface area contributed by atoms with Gasteiger partial charge in [-0.15, -0.1) is 0 Å². The lowest BCUT2D eigenvalue weighted by atomic mass is 9.83. The van der Waals surface area contributed by atoms with Crippen LogP contribution in [0.4, 0.5) is 0 Å². The minimum absolute atomic E-state index is 0.0216. The first-order valence-electron chi connectivity index (χ1n) is 7.50. The number of aryl methyl sites for hydroxylation is 1. The number of rotatable bonds is 8. The minimum Gasteiger partial charge on any atom is -0.496 e. The normalized spacial score (nSPS) is 13.3. The molecule has 0 spiro atoms. The van der Waals surface area contributed by atoms with Crippen molar-refractivity contribution in [2.24, 2.45) is 5.41 Å². The summed E-state index contributed by atoms with van der Waals surface area (Å²) in [5.74, 6) is 0.924. The van der Waals surface area contributed by atoms with Gasteiger partial charge >= 0.3 is 0 Å². The number of nitrogens with one attached hydrogen (secondary N) is 1. The quantitative estimate of drug-likeness (QED) is 0.766. The second-order valence-corrected chi connectivity index (χ2v) is 5.71. The zero-order valence-corrected chi connectivity index (χ0v) is 13.5. The fraction of sp³-hybridized carbons (Fsp3) is 0.647. The smallest absolute Gasteiger partial charge is 0.123 e. The van der Waals surface area contributed by atoms with E-state index in [1.165, 1.54) is 5.56 Å². The third-order valence-electron chi connectivity index (χ3n) is 4.47. The van der Waals surface area contributed by atoms with E-state index in [2.05, 4.69) is 51.2 Å². The summed E-state index contributed by atoms with van der Waals surface area (Å²) in [5.41, 5.74) is 2.34. The maximum absolute atomic E-state index is 9.63. The van der Waals surface area contributed by atoms with E-state index in [4.69, 9.17) is 4.74 Å². The van der Waals surface area contributed by atoms with Crippen LogP contribution in [-0.2, 0) is 0 Å². The van der Waals surface area contributed by atoms with Gasteiger partial charge in [-0.3, -0.25) is 0 Å². The topological polar surface area (TPSA) is 41.5 Å². The molecule has 0 aromatic heterocycles. The van der Waals surface area contributed by atoms with E-state index in [-0.39, 0.29) is 18.1 Å². The highest BCUT2D eigenvalue weighted by Gasteiger charge is 2.26. The van der Waals surface area contributed by atoms with Gasteiger partial charge < -0.3 is 15.2 Å². The molecule has 0 radical (unpaired) electrons. The molecule has 2 N–H and O–H groups in total. The molecule has 0 aliphatic heterocycles. The molecule has 0 heterocycles. The van der Waals surface area contributed by atoms with Gasteiger partial charge in [0, 0.05) is 30.2 Å². The van der Waals surface area contributed by atoms with Crippen LogP contribution < -0.4 is 10.1 Å². The van der Waals surface area contributed by atoms with Crippen molar-refractivity contribution in [1.29, 1.82) is 0 Å². The molecular weight excluding hydrogens is 250 g/mol. The van der Waals surface area contributed by atoms with E-state index < -0.39 is 0 Å². The van der Waals surface area contributed by atoms with Gasteiger partial charge in [-0.25, -0.2) is 0 Å². The molecule has 1 rings (SSSR count). The van der Waals surface area contributed by atoms with E-state index in [9.17, 15) is 5.11 Å². The number of hydrogen-bond donors (Lipinski definition) is 2. The lowest BCUT2D eigenvalue weighted by Gasteiger charge is -2.31. The standard InChI is InChI=1S/C17H29NO2/c1-6-17(7-2,12-19)11-18-14(4)15-9-8-13(3)10-16(15)20-5/h8-10,14,18-19H,6-7,11-12H2,1-5H3. The Hall–Kier alpha value is -1.06. The van der Waals surface area contributed by atoms with Gasteiger partial charge in [-0.1, -0.05) is 26.0 Å². The highest BCUT2D eigenvalue weighted by molar-refractivity contribution is 5.39. The predicted molar refractivity (Wildman–Crippen MR) is 84.2 cm³/mol. The van der Waals surface area contributed by atoms with E-state index in [0.29, 0.717) is 0 Å². The van der Waals surface area contributed by atoms with Gasteiger partial charge in [0.1, 0.15) is 5.75 Å². The van der Waals surface area contributed by atoms with Crippen LogP contribution in [-0.4, -0.2) is 25.4 Å². The van der Waals surface area contributed by atoms with Crippen molar-refractivity contribution < 1.29 is 9.84 Å². The number of benzene rings is 1. The van der Waals surface area contributed by atoms with Crippen molar-refractivity contribution in [3.63, 3.8) is 0 Å². The molecule has 0 saturated heterocycles. The highest BCUT2D eigenvalue weighted by Crippen LogP contribution is 2.29. The first-order chi connectivity index (χ1) is 9.51. The van der Waals surface area contributed by atoms with Crippen LogP contribution >= 0.6 is 0 Å². The van der Waals surface area contributed by atoms with E-state index >= 15 is 0 Å². The second kappa shape index (κ2) is 7.65. The first kappa shape index (κ1) is 17.0. The van der Waals surface area contributed by atoms with Gasteiger partial charge in [-0.05, 0) is 38.3 Å². The van der Waals surface area contributed by atoms with Gasteiger partial charge in [0.25, 0.3) is 0 Å². The van der Waals surface area contributed by atoms with E-state index in [1.54, 1.807) is 7.11 Å². The minimum atomic E-state index is -0.0216. The molecule has 0 aliphatic rings. The Morgan fingerprint density at radius 2 is 1.95 bits per heavy atom. The van der Waals surface area contributed by atoms with Gasteiger partial charge in [0.2, 0.25) is 0 Å².